The maximum absolute atomic E-state index is 4.38. The molecule has 0 fully saturated rings. The smallest absolute Gasteiger partial charge is 0.0534 e. The molecular formula is C16H21N3. The molecule has 0 spiro atoms. The highest BCUT2D eigenvalue weighted by Gasteiger charge is 2.20. The van der Waals surface area contributed by atoms with Gasteiger partial charge in [-0.2, -0.15) is 5.10 Å². The van der Waals surface area contributed by atoms with Gasteiger partial charge in [-0.25, -0.2) is 0 Å². The van der Waals surface area contributed by atoms with Crippen molar-refractivity contribution < 1.29 is 0 Å². The zero-order valence-electron chi connectivity index (χ0n) is 11.6. The minimum atomic E-state index is 0.435. The van der Waals surface area contributed by atoms with E-state index in [-0.39, 0.29) is 0 Å². The summed E-state index contributed by atoms with van der Waals surface area (Å²) in [7, 11) is 0. The minimum Gasteiger partial charge on any atom is -0.309 e. The second-order valence-corrected chi connectivity index (χ2v) is 5.68. The number of benzene rings is 1. The van der Waals surface area contributed by atoms with E-state index in [4.69, 9.17) is 0 Å². The van der Waals surface area contributed by atoms with Gasteiger partial charge >= 0.3 is 0 Å². The van der Waals surface area contributed by atoms with Gasteiger partial charge in [0.05, 0.1) is 6.20 Å². The summed E-state index contributed by atoms with van der Waals surface area (Å²) in [5, 5.41) is 8.02. The number of fused-ring (bicyclic) bond motifs is 1. The molecule has 0 atom stereocenters. The van der Waals surface area contributed by atoms with Crippen LogP contribution < -0.4 is 5.32 Å². The maximum Gasteiger partial charge on any atom is 0.0534 e. The van der Waals surface area contributed by atoms with E-state index >= 15 is 0 Å². The molecule has 0 saturated heterocycles. The van der Waals surface area contributed by atoms with E-state index in [9.17, 15) is 0 Å². The molecule has 1 aliphatic carbocycles. The molecule has 100 valence electrons. The normalized spacial score (nSPS) is 15.1. The first kappa shape index (κ1) is 12.4. The van der Waals surface area contributed by atoms with Gasteiger partial charge in [0, 0.05) is 30.4 Å². The second-order valence-electron chi connectivity index (χ2n) is 5.68. The number of hydrogen-bond donors (Lipinski definition) is 1. The Bertz CT molecular complexity index is 532. The molecule has 0 amide bonds. The number of aromatic nitrogens is 2. The zero-order chi connectivity index (χ0) is 13.2. The molecule has 0 bridgehead atoms. The van der Waals surface area contributed by atoms with Crippen molar-refractivity contribution >= 4 is 0 Å². The van der Waals surface area contributed by atoms with Crippen molar-refractivity contribution in [3.63, 3.8) is 0 Å². The number of rotatable bonds is 4. The Morgan fingerprint density at radius 2 is 1.95 bits per heavy atom. The van der Waals surface area contributed by atoms with E-state index in [2.05, 4.69) is 54.7 Å². The average molecular weight is 255 g/mol. The summed E-state index contributed by atoms with van der Waals surface area (Å²) in [4.78, 5) is 0. The van der Waals surface area contributed by atoms with Crippen molar-refractivity contribution in [3.05, 3.63) is 53.3 Å². The predicted molar refractivity (Wildman–Crippen MR) is 77.1 cm³/mol. The summed E-state index contributed by atoms with van der Waals surface area (Å²) in [6, 6.07) is 9.76. The van der Waals surface area contributed by atoms with Gasteiger partial charge in [-0.1, -0.05) is 24.3 Å². The highest BCUT2D eigenvalue weighted by molar-refractivity contribution is 5.33. The third-order valence-corrected chi connectivity index (χ3v) is 3.83. The fraction of sp³-hybridized carbons (Fsp3) is 0.438. The first-order valence-corrected chi connectivity index (χ1v) is 7.05. The Kier molecular flexibility index (Phi) is 3.38. The third-order valence-electron chi connectivity index (χ3n) is 3.83. The van der Waals surface area contributed by atoms with Gasteiger partial charge in [0.1, 0.15) is 0 Å². The lowest BCUT2D eigenvalue weighted by Gasteiger charge is -2.10. The summed E-state index contributed by atoms with van der Waals surface area (Å²) < 4.78 is 2.01. The van der Waals surface area contributed by atoms with Crippen LogP contribution in [0.4, 0.5) is 0 Å². The van der Waals surface area contributed by atoms with Gasteiger partial charge in [0.15, 0.2) is 0 Å². The molecule has 1 aromatic heterocycles. The molecule has 1 aliphatic rings. The second kappa shape index (κ2) is 5.17. The topological polar surface area (TPSA) is 29.9 Å². The molecule has 0 saturated carbocycles. The Morgan fingerprint density at radius 3 is 2.53 bits per heavy atom. The van der Waals surface area contributed by atoms with E-state index < -0.39 is 0 Å². The monoisotopic (exact) mass is 255 g/mol. The quantitative estimate of drug-likeness (QED) is 0.910. The molecule has 0 aliphatic heterocycles. The minimum absolute atomic E-state index is 0.435. The van der Waals surface area contributed by atoms with Crippen LogP contribution in [-0.2, 0) is 19.4 Å². The van der Waals surface area contributed by atoms with Gasteiger partial charge in [0.25, 0.3) is 0 Å². The van der Waals surface area contributed by atoms with Crippen molar-refractivity contribution in [2.75, 3.05) is 0 Å². The van der Waals surface area contributed by atoms with Crippen LogP contribution in [-0.4, -0.2) is 15.8 Å². The molecule has 0 unspecified atom stereocenters. The Hall–Kier alpha value is -1.61. The summed E-state index contributed by atoms with van der Waals surface area (Å²) in [6.45, 7) is 5.21. The van der Waals surface area contributed by atoms with Crippen LogP contribution in [0.15, 0.2) is 36.7 Å². The van der Waals surface area contributed by atoms with Crippen LogP contribution in [0.1, 0.15) is 36.6 Å². The number of nitrogens with zero attached hydrogens (tertiary/aromatic N) is 2. The molecule has 2 aromatic rings. The van der Waals surface area contributed by atoms with Gasteiger partial charge in [0.2, 0.25) is 0 Å². The largest absolute Gasteiger partial charge is 0.309 e. The van der Waals surface area contributed by atoms with Crippen LogP contribution >= 0.6 is 0 Å². The predicted octanol–water partition coefficient (Wildman–Crippen LogP) is 2.72. The van der Waals surface area contributed by atoms with Crippen molar-refractivity contribution in [1.82, 2.24) is 15.1 Å². The van der Waals surface area contributed by atoms with Crippen molar-refractivity contribution in [2.45, 2.75) is 45.3 Å². The van der Waals surface area contributed by atoms with Crippen LogP contribution in [0, 0.1) is 0 Å². The first-order valence-electron chi connectivity index (χ1n) is 7.05. The molecule has 3 nitrogen and oxygen atoms in total. The van der Waals surface area contributed by atoms with Gasteiger partial charge in [-0.15, -0.1) is 0 Å². The summed E-state index contributed by atoms with van der Waals surface area (Å²) in [5.41, 5.74) is 4.26. The van der Waals surface area contributed by atoms with Gasteiger partial charge in [-0.3, -0.25) is 4.68 Å². The average Bonchev–Trinajstić information content (AvgIpc) is 3.02. The Balaban J connectivity index is 1.56. The van der Waals surface area contributed by atoms with E-state index in [1.54, 1.807) is 0 Å². The van der Waals surface area contributed by atoms with E-state index in [1.807, 2.05) is 10.9 Å². The third kappa shape index (κ3) is 2.71. The highest BCUT2D eigenvalue weighted by Crippen LogP contribution is 2.21. The van der Waals surface area contributed by atoms with E-state index in [0.717, 1.165) is 19.4 Å². The van der Waals surface area contributed by atoms with Gasteiger partial charge in [-0.05, 0) is 37.8 Å². The lowest BCUT2D eigenvalue weighted by atomic mass is 10.1. The SMILES string of the molecule is CC(C)n1cc(CNC2Cc3ccccc3C2)cn1. The molecule has 0 radical (unpaired) electrons. The van der Waals surface area contributed by atoms with E-state index in [1.165, 1.54) is 16.7 Å². The fourth-order valence-electron chi connectivity index (χ4n) is 2.72. The summed E-state index contributed by atoms with van der Waals surface area (Å²) in [5.74, 6) is 0. The van der Waals surface area contributed by atoms with E-state index in [0.29, 0.717) is 12.1 Å². The van der Waals surface area contributed by atoms with Gasteiger partial charge < -0.3 is 5.32 Å². The zero-order valence-corrected chi connectivity index (χ0v) is 11.6. The molecule has 1 N–H and O–H groups in total. The molecule has 3 rings (SSSR count). The van der Waals surface area contributed by atoms with Crippen LogP contribution in [0.25, 0.3) is 0 Å². The highest BCUT2D eigenvalue weighted by atomic mass is 15.3. The molecule has 19 heavy (non-hydrogen) atoms. The van der Waals surface area contributed by atoms with Crippen LogP contribution in [0.2, 0.25) is 0 Å². The summed E-state index contributed by atoms with van der Waals surface area (Å²) in [6.07, 6.45) is 6.40. The lowest BCUT2D eigenvalue weighted by molar-refractivity contribution is 0.524. The molecule has 3 heteroatoms. The maximum atomic E-state index is 4.38. The Morgan fingerprint density at radius 1 is 1.26 bits per heavy atom. The summed E-state index contributed by atoms with van der Waals surface area (Å²) >= 11 is 0. The van der Waals surface area contributed by atoms with Crippen molar-refractivity contribution in [2.24, 2.45) is 0 Å². The van der Waals surface area contributed by atoms with Crippen molar-refractivity contribution in [3.8, 4) is 0 Å². The number of nitrogens with one attached hydrogen (secondary N) is 1. The van der Waals surface area contributed by atoms with Crippen LogP contribution in [0.5, 0.6) is 0 Å². The van der Waals surface area contributed by atoms with Crippen LogP contribution in [0.3, 0.4) is 0 Å². The first-order chi connectivity index (χ1) is 9.22. The standard InChI is InChI=1S/C16H21N3/c1-12(2)19-11-13(10-18-19)9-17-16-7-14-5-3-4-6-15(14)8-16/h3-6,10-12,16-17H,7-9H2,1-2H3. The van der Waals surface area contributed by atoms with Crippen molar-refractivity contribution in [1.29, 1.82) is 0 Å². The lowest BCUT2D eigenvalue weighted by Crippen LogP contribution is -2.28. The molecule has 1 aromatic carbocycles. The molecular weight excluding hydrogens is 234 g/mol. The molecule has 1 heterocycles. The fourth-order valence-corrected chi connectivity index (χ4v) is 2.72. The Labute approximate surface area is 114 Å². The number of hydrogen-bond acceptors (Lipinski definition) is 2.